The highest BCUT2D eigenvalue weighted by atomic mass is 16.5. The molecule has 6 heteroatoms. The Morgan fingerprint density at radius 2 is 0.797 bits per heavy atom. The third kappa shape index (κ3) is 46.1. The van der Waals surface area contributed by atoms with Gasteiger partial charge in [0, 0.05) is 6.42 Å². The lowest BCUT2D eigenvalue weighted by Crippen LogP contribution is -2.46. The van der Waals surface area contributed by atoms with Gasteiger partial charge in [0.05, 0.1) is 25.2 Å². The van der Waals surface area contributed by atoms with Gasteiger partial charge in [-0.2, -0.15) is 0 Å². The molecule has 64 heavy (non-hydrogen) atoms. The molecular weight excluding hydrogens is 791 g/mol. The lowest BCUT2D eigenvalue weighted by Gasteiger charge is -2.24. The van der Waals surface area contributed by atoms with E-state index in [4.69, 9.17) is 4.74 Å². The number of unbranched alkanes of at least 4 members (excludes halogenated alkanes) is 27. The molecule has 0 saturated heterocycles. The number of amides is 1. The number of carbonyl (C=O) groups is 2. The van der Waals surface area contributed by atoms with Gasteiger partial charge in [-0.3, -0.25) is 9.59 Å². The number of ether oxygens (including phenoxy) is 1. The molecule has 372 valence electrons. The number of aliphatic hydroxyl groups excluding tert-OH is 2. The predicted octanol–water partition coefficient (Wildman–Crippen LogP) is 16.8. The monoisotopic (exact) mass is 896 g/mol. The number of rotatable bonds is 49. The molecule has 0 fully saturated rings. The SMILES string of the molecule is CCCCC/C=C\C/C=C\C/C=C\CCCCC(CC(=O)NC(CO)C(O)CCCCCCCCCCCCCCC)OC(=O)CCCCCCCCC/C=C\C/C=C\CCCCC. The van der Waals surface area contributed by atoms with Crippen LogP contribution in [0.25, 0.3) is 0 Å². The molecule has 0 aromatic carbocycles. The van der Waals surface area contributed by atoms with Crippen LogP contribution in [0.2, 0.25) is 0 Å². The Labute approximate surface area is 397 Å². The van der Waals surface area contributed by atoms with Crippen LogP contribution >= 0.6 is 0 Å². The average molecular weight is 896 g/mol. The average Bonchev–Trinajstić information content (AvgIpc) is 3.29. The number of carbonyl (C=O) groups excluding carboxylic acids is 2. The van der Waals surface area contributed by atoms with Crippen LogP contribution in [0.1, 0.15) is 271 Å². The first-order valence-electron chi connectivity index (χ1n) is 27.5. The van der Waals surface area contributed by atoms with Gasteiger partial charge in [-0.25, -0.2) is 0 Å². The van der Waals surface area contributed by atoms with Crippen molar-refractivity contribution in [2.24, 2.45) is 0 Å². The molecule has 1 amide bonds. The van der Waals surface area contributed by atoms with Crippen molar-refractivity contribution in [3.05, 3.63) is 60.8 Å². The molecule has 0 bridgehead atoms. The Bertz CT molecular complexity index is 1140. The minimum atomic E-state index is -0.800. The zero-order valence-corrected chi connectivity index (χ0v) is 42.4. The Balaban J connectivity index is 4.64. The topological polar surface area (TPSA) is 95.9 Å². The first kappa shape index (κ1) is 61.6. The third-order valence-electron chi connectivity index (χ3n) is 12.3. The van der Waals surface area contributed by atoms with E-state index in [2.05, 4.69) is 86.8 Å². The molecule has 0 aliphatic rings. The van der Waals surface area contributed by atoms with Crippen LogP contribution in [0.5, 0.6) is 0 Å². The second-order valence-corrected chi connectivity index (χ2v) is 18.6. The first-order valence-corrected chi connectivity index (χ1v) is 27.5. The molecule has 0 aromatic heterocycles. The minimum Gasteiger partial charge on any atom is -0.462 e. The standard InChI is InChI=1S/C58H105NO5/c1-4-7-10-13-16-19-22-25-27-28-30-33-36-39-42-45-48-51-58(63)64-54(49-46-43-40-37-34-32-29-26-23-20-17-14-11-8-5-2)52-57(62)59-55(53-60)56(61)50-47-44-41-38-35-31-24-21-18-15-12-9-6-3/h16-17,19-20,25-27,29,34,37,54-56,60-61H,4-15,18,21-24,28,30-33,35-36,38-53H2,1-3H3,(H,59,62)/b19-16-,20-17-,27-25-,29-26-,37-34-. The second-order valence-electron chi connectivity index (χ2n) is 18.6. The van der Waals surface area contributed by atoms with Crippen LogP contribution in [0.15, 0.2) is 60.8 Å². The summed E-state index contributed by atoms with van der Waals surface area (Å²) in [7, 11) is 0. The van der Waals surface area contributed by atoms with Gasteiger partial charge in [0.2, 0.25) is 5.91 Å². The van der Waals surface area contributed by atoms with Crippen molar-refractivity contribution in [3.63, 3.8) is 0 Å². The zero-order chi connectivity index (χ0) is 46.7. The van der Waals surface area contributed by atoms with Crippen LogP contribution in [-0.4, -0.2) is 46.9 Å². The summed E-state index contributed by atoms with van der Waals surface area (Å²) < 4.78 is 5.93. The number of esters is 1. The maximum absolute atomic E-state index is 13.2. The van der Waals surface area contributed by atoms with Gasteiger partial charge in [0.25, 0.3) is 0 Å². The van der Waals surface area contributed by atoms with E-state index in [1.165, 1.54) is 141 Å². The van der Waals surface area contributed by atoms with E-state index in [0.717, 1.165) is 83.5 Å². The van der Waals surface area contributed by atoms with E-state index in [-0.39, 0.29) is 24.9 Å². The van der Waals surface area contributed by atoms with Crippen molar-refractivity contribution in [1.29, 1.82) is 0 Å². The molecular formula is C58H105NO5. The summed E-state index contributed by atoms with van der Waals surface area (Å²) >= 11 is 0. The molecule has 0 aromatic rings. The fourth-order valence-corrected chi connectivity index (χ4v) is 8.11. The van der Waals surface area contributed by atoms with Gasteiger partial charge in [-0.15, -0.1) is 0 Å². The van der Waals surface area contributed by atoms with E-state index in [1.807, 2.05) is 0 Å². The van der Waals surface area contributed by atoms with Gasteiger partial charge in [-0.05, 0) is 96.3 Å². The Morgan fingerprint density at radius 1 is 0.453 bits per heavy atom. The smallest absolute Gasteiger partial charge is 0.306 e. The lowest BCUT2D eigenvalue weighted by molar-refractivity contribution is -0.151. The summed E-state index contributed by atoms with van der Waals surface area (Å²) in [5.41, 5.74) is 0. The number of hydrogen-bond donors (Lipinski definition) is 3. The number of aliphatic hydroxyl groups is 2. The van der Waals surface area contributed by atoms with Crippen molar-refractivity contribution >= 4 is 11.9 Å². The highest BCUT2D eigenvalue weighted by Crippen LogP contribution is 2.17. The Kier molecular flexibility index (Phi) is 49.6. The summed E-state index contributed by atoms with van der Waals surface area (Å²) in [5.74, 6) is -0.516. The van der Waals surface area contributed by atoms with Crippen molar-refractivity contribution in [3.8, 4) is 0 Å². The fourth-order valence-electron chi connectivity index (χ4n) is 8.11. The molecule has 3 N–H and O–H groups in total. The molecule has 3 atom stereocenters. The van der Waals surface area contributed by atoms with E-state index in [0.29, 0.717) is 19.3 Å². The first-order chi connectivity index (χ1) is 31.5. The Hall–Kier alpha value is -2.44. The number of hydrogen-bond acceptors (Lipinski definition) is 5. The molecule has 0 radical (unpaired) electrons. The highest BCUT2D eigenvalue weighted by molar-refractivity contribution is 5.77. The molecule has 0 saturated carbocycles. The van der Waals surface area contributed by atoms with E-state index >= 15 is 0 Å². The predicted molar refractivity (Wildman–Crippen MR) is 278 cm³/mol. The second kappa shape index (κ2) is 51.5. The van der Waals surface area contributed by atoms with Gasteiger partial charge in [-0.1, -0.05) is 223 Å². The van der Waals surface area contributed by atoms with Crippen molar-refractivity contribution < 1.29 is 24.5 Å². The maximum atomic E-state index is 13.2. The third-order valence-corrected chi connectivity index (χ3v) is 12.3. The lowest BCUT2D eigenvalue weighted by atomic mass is 10.0. The van der Waals surface area contributed by atoms with Gasteiger partial charge in [0.1, 0.15) is 6.10 Å². The number of nitrogens with one attached hydrogen (secondary N) is 1. The van der Waals surface area contributed by atoms with Crippen LogP contribution < -0.4 is 5.32 Å². The maximum Gasteiger partial charge on any atom is 0.306 e. The quantitative estimate of drug-likeness (QED) is 0.0321. The summed E-state index contributed by atoms with van der Waals surface area (Å²) in [6, 6.07) is -0.717. The number of allylic oxidation sites excluding steroid dienone is 10. The molecule has 0 spiro atoms. The van der Waals surface area contributed by atoms with Crippen LogP contribution in [0, 0.1) is 0 Å². The fraction of sp³-hybridized carbons (Fsp3) is 0.793. The van der Waals surface area contributed by atoms with Crippen LogP contribution in [0.3, 0.4) is 0 Å². The molecule has 0 heterocycles. The summed E-state index contributed by atoms with van der Waals surface area (Å²) in [5, 5.41) is 23.8. The molecule has 0 rings (SSSR count). The molecule has 6 nitrogen and oxygen atoms in total. The molecule has 0 aliphatic carbocycles. The largest absolute Gasteiger partial charge is 0.462 e. The minimum absolute atomic E-state index is 0.0479. The van der Waals surface area contributed by atoms with Crippen molar-refractivity contribution in [2.45, 2.75) is 289 Å². The van der Waals surface area contributed by atoms with E-state index in [9.17, 15) is 19.8 Å². The van der Waals surface area contributed by atoms with E-state index < -0.39 is 18.2 Å². The summed E-state index contributed by atoms with van der Waals surface area (Å²) in [6.45, 7) is 6.43. The Morgan fingerprint density at radius 3 is 1.25 bits per heavy atom. The van der Waals surface area contributed by atoms with Crippen molar-refractivity contribution in [2.75, 3.05) is 6.61 Å². The molecule has 0 aliphatic heterocycles. The van der Waals surface area contributed by atoms with E-state index in [1.54, 1.807) is 0 Å². The van der Waals surface area contributed by atoms with Gasteiger partial charge < -0.3 is 20.3 Å². The normalized spacial score (nSPS) is 13.6. The zero-order valence-electron chi connectivity index (χ0n) is 42.4. The van der Waals surface area contributed by atoms with Crippen molar-refractivity contribution in [1.82, 2.24) is 5.32 Å². The van der Waals surface area contributed by atoms with Gasteiger partial charge >= 0.3 is 5.97 Å². The molecule has 3 unspecified atom stereocenters. The summed E-state index contributed by atoms with van der Waals surface area (Å²) in [6.07, 6.45) is 64.2. The van der Waals surface area contributed by atoms with Crippen LogP contribution in [-0.2, 0) is 14.3 Å². The van der Waals surface area contributed by atoms with Gasteiger partial charge in [0.15, 0.2) is 0 Å². The highest BCUT2D eigenvalue weighted by Gasteiger charge is 2.24. The van der Waals surface area contributed by atoms with Crippen LogP contribution in [0.4, 0.5) is 0 Å². The summed E-state index contributed by atoms with van der Waals surface area (Å²) in [4.78, 5) is 26.2.